The second-order valence-electron chi connectivity index (χ2n) is 3.56. The van der Waals surface area contributed by atoms with Gasteiger partial charge in [-0.2, -0.15) is 0 Å². The average molecular weight is 227 g/mol. The van der Waals surface area contributed by atoms with Gasteiger partial charge in [-0.25, -0.2) is 4.98 Å². The number of carbonyl (C=O) groups is 1. The van der Waals surface area contributed by atoms with E-state index in [0.717, 1.165) is 17.4 Å². The number of nitrogens with zero attached hydrogens (tertiary/aromatic N) is 1. The molecule has 0 aliphatic carbocycles. The molecule has 0 spiro atoms. The molecule has 0 bridgehead atoms. The Labute approximate surface area is 100 Å². The van der Waals surface area contributed by atoms with Crippen molar-refractivity contribution < 1.29 is 9.53 Å². The van der Waals surface area contributed by atoms with Crippen LogP contribution in [0.4, 0.5) is 0 Å². The second kappa shape index (κ2) is 5.25. The van der Waals surface area contributed by atoms with E-state index in [2.05, 4.69) is 4.98 Å². The molecular formula is C14H13NO2. The lowest BCUT2D eigenvalue weighted by molar-refractivity contribution is 0.112. The van der Waals surface area contributed by atoms with Crippen LogP contribution in [0.5, 0.6) is 5.88 Å². The third-order valence-electron chi connectivity index (χ3n) is 2.41. The lowest BCUT2D eigenvalue weighted by Gasteiger charge is -2.04. The lowest BCUT2D eigenvalue weighted by Crippen LogP contribution is -1.93. The highest BCUT2D eigenvalue weighted by molar-refractivity contribution is 5.76. The topological polar surface area (TPSA) is 39.2 Å². The average Bonchev–Trinajstić information content (AvgIpc) is 2.40. The van der Waals surface area contributed by atoms with Crippen LogP contribution >= 0.6 is 0 Å². The Morgan fingerprint density at radius 2 is 1.82 bits per heavy atom. The Kier molecular flexibility index (Phi) is 3.50. The third-order valence-corrected chi connectivity index (χ3v) is 2.41. The first-order chi connectivity index (χ1) is 8.33. The first kappa shape index (κ1) is 11.3. The van der Waals surface area contributed by atoms with Crippen LogP contribution in [0.15, 0.2) is 42.6 Å². The summed E-state index contributed by atoms with van der Waals surface area (Å²) in [6.07, 6.45) is 2.60. The first-order valence-corrected chi connectivity index (χ1v) is 5.48. The number of ether oxygens (including phenoxy) is 1. The van der Waals surface area contributed by atoms with Crippen LogP contribution in [0.1, 0.15) is 17.3 Å². The van der Waals surface area contributed by atoms with Crippen molar-refractivity contribution >= 4 is 6.29 Å². The number of carbonyl (C=O) groups excluding carboxylic acids is 1. The van der Waals surface area contributed by atoms with Gasteiger partial charge in [0.15, 0.2) is 0 Å². The molecule has 17 heavy (non-hydrogen) atoms. The summed E-state index contributed by atoms with van der Waals surface area (Å²) in [5, 5.41) is 0. The van der Waals surface area contributed by atoms with E-state index in [0.29, 0.717) is 18.1 Å². The van der Waals surface area contributed by atoms with Crippen molar-refractivity contribution in [2.75, 3.05) is 6.61 Å². The molecule has 0 fully saturated rings. The Hall–Kier alpha value is -2.16. The predicted molar refractivity (Wildman–Crippen MR) is 66.2 cm³/mol. The standard InChI is InChI=1S/C14H13NO2/c1-2-17-14-8-7-13(9-15-14)12-5-3-11(10-16)4-6-12/h3-10H,2H2,1H3. The number of hydrogen-bond donors (Lipinski definition) is 0. The zero-order valence-corrected chi connectivity index (χ0v) is 9.59. The van der Waals surface area contributed by atoms with Crippen molar-refractivity contribution in [2.24, 2.45) is 0 Å². The van der Waals surface area contributed by atoms with E-state index >= 15 is 0 Å². The summed E-state index contributed by atoms with van der Waals surface area (Å²) in [6, 6.07) is 11.2. The van der Waals surface area contributed by atoms with E-state index in [1.54, 1.807) is 18.3 Å². The SMILES string of the molecule is CCOc1ccc(-c2ccc(C=O)cc2)cn1. The fourth-order valence-corrected chi connectivity index (χ4v) is 1.54. The molecular weight excluding hydrogens is 214 g/mol. The van der Waals surface area contributed by atoms with Crippen LogP contribution < -0.4 is 4.74 Å². The van der Waals surface area contributed by atoms with Crippen LogP contribution in [0.25, 0.3) is 11.1 Å². The fraction of sp³-hybridized carbons (Fsp3) is 0.143. The molecule has 2 rings (SSSR count). The summed E-state index contributed by atoms with van der Waals surface area (Å²) in [7, 11) is 0. The maximum absolute atomic E-state index is 10.5. The Bertz CT molecular complexity index is 489. The monoisotopic (exact) mass is 227 g/mol. The molecule has 0 aliphatic heterocycles. The van der Waals surface area contributed by atoms with Gasteiger partial charge >= 0.3 is 0 Å². The van der Waals surface area contributed by atoms with Gasteiger partial charge in [0.25, 0.3) is 0 Å². The molecule has 0 saturated carbocycles. The minimum atomic E-state index is 0.611. The van der Waals surface area contributed by atoms with Crippen LogP contribution in [-0.2, 0) is 0 Å². The van der Waals surface area contributed by atoms with Gasteiger partial charge in [0.1, 0.15) is 6.29 Å². The molecule has 1 aromatic carbocycles. The summed E-state index contributed by atoms with van der Waals surface area (Å²) >= 11 is 0. The molecule has 0 unspecified atom stereocenters. The molecule has 0 aliphatic rings. The molecule has 2 aromatic rings. The zero-order valence-electron chi connectivity index (χ0n) is 9.59. The molecule has 3 heteroatoms. The summed E-state index contributed by atoms with van der Waals surface area (Å²) in [5.74, 6) is 0.626. The van der Waals surface area contributed by atoms with Gasteiger partial charge in [-0.3, -0.25) is 4.79 Å². The van der Waals surface area contributed by atoms with Gasteiger partial charge in [-0.15, -0.1) is 0 Å². The molecule has 3 nitrogen and oxygen atoms in total. The van der Waals surface area contributed by atoms with Crippen molar-refractivity contribution in [1.82, 2.24) is 4.98 Å². The van der Waals surface area contributed by atoms with E-state index in [4.69, 9.17) is 4.74 Å². The van der Waals surface area contributed by atoms with Crippen LogP contribution in [0, 0.1) is 0 Å². The van der Waals surface area contributed by atoms with Crippen molar-refractivity contribution in [3.63, 3.8) is 0 Å². The van der Waals surface area contributed by atoms with Crippen LogP contribution in [0.2, 0.25) is 0 Å². The van der Waals surface area contributed by atoms with Crippen molar-refractivity contribution in [1.29, 1.82) is 0 Å². The summed E-state index contributed by atoms with van der Waals surface area (Å²) < 4.78 is 5.28. The van der Waals surface area contributed by atoms with E-state index in [-0.39, 0.29) is 0 Å². The number of benzene rings is 1. The molecule has 86 valence electrons. The van der Waals surface area contributed by atoms with Crippen LogP contribution in [-0.4, -0.2) is 17.9 Å². The quantitative estimate of drug-likeness (QED) is 0.754. The Morgan fingerprint density at radius 3 is 2.35 bits per heavy atom. The minimum Gasteiger partial charge on any atom is -0.478 e. The highest BCUT2D eigenvalue weighted by Gasteiger charge is 1.99. The Morgan fingerprint density at radius 1 is 1.12 bits per heavy atom. The molecule has 0 atom stereocenters. The third kappa shape index (κ3) is 2.69. The van der Waals surface area contributed by atoms with Crippen molar-refractivity contribution in [3.8, 4) is 17.0 Å². The Balaban J connectivity index is 2.23. The van der Waals surface area contributed by atoms with Gasteiger partial charge in [0.2, 0.25) is 5.88 Å². The van der Waals surface area contributed by atoms with Gasteiger partial charge in [0.05, 0.1) is 6.61 Å². The normalized spacial score (nSPS) is 9.94. The number of rotatable bonds is 4. The summed E-state index contributed by atoms with van der Waals surface area (Å²) in [6.45, 7) is 2.54. The largest absolute Gasteiger partial charge is 0.478 e. The van der Waals surface area contributed by atoms with Gasteiger partial charge in [-0.1, -0.05) is 24.3 Å². The molecule has 1 heterocycles. The van der Waals surface area contributed by atoms with Gasteiger partial charge in [0, 0.05) is 23.4 Å². The highest BCUT2D eigenvalue weighted by Crippen LogP contribution is 2.20. The lowest BCUT2D eigenvalue weighted by atomic mass is 10.1. The van der Waals surface area contributed by atoms with E-state index in [1.807, 2.05) is 31.2 Å². The summed E-state index contributed by atoms with van der Waals surface area (Å²) in [4.78, 5) is 14.7. The zero-order chi connectivity index (χ0) is 12.1. The van der Waals surface area contributed by atoms with Gasteiger partial charge in [-0.05, 0) is 18.6 Å². The molecule has 0 amide bonds. The van der Waals surface area contributed by atoms with Gasteiger partial charge < -0.3 is 4.74 Å². The highest BCUT2D eigenvalue weighted by atomic mass is 16.5. The van der Waals surface area contributed by atoms with E-state index in [9.17, 15) is 4.79 Å². The molecule has 0 radical (unpaired) electrons. The smallest absolute Gasteiger partial charge is 0.213 e. The number of hydrogen-bond acceptors (Lipinski definition) is 3. The van der Waals surface area contributed by atoms with Crippen molar-refractivity contribution in [3.05, 3.63) is 48.2 Å². The first-order valence-electron chi connectivity index (χ1n) is 5.48. The predicted octanol–water partition coefficient (Wildman–Crippen LogP) is 2.96. The molecule has 1 aromatic heterocycles. The fourth-order valence-electron chi connectivity index (χ4n) is 1.54. The molecule has 0 N–H and O–H groups in total. The van der Waals surface area contributed by atoms with E-state index in [1.165, 1.54) is 0 Å². The second-order valence-corrected chi connectivity index (χ2v) is 3.56. The number of aromatic nitrogens is 1. The van der Waals surface area contributed by atoms with E-state index < -0.39 is 0 Å². The maximum atomic E-state index is 10.5. The minimum absolute atomic E-state index is 0.611. The number of aldehydes is 1. The van der Waals surface area contributed by atoms with Crippen molar-refractivity contribution in [2.45, 2.75) is 6.92 Å². The number of pyridine rings is 1. The molecule has 0 saturated heterocycles. The summed E-state index contributed by atoms with van der Waals surface area (Å²) in [5.41, 5.74) is 2.71. The van der Waals surface area contributed by atoms with Crippen LogP contribution in [0.3, 0.4) is 0 Å². The maximum Gasteiger partial charge on any atom is 0.213 e.